The van der Waals surface area contributed by atoms with Gasteiger partial charge >= 0.3 is 0 Å². The molecule has 0 heterocycles. The molecule has 0 bridgehead atoms. The van der Waals surface area contributed by atoms with Crippen molar-refractivity contribution in [1.29, 1.82) is 0 Å². The highest BCUT2D eigenvalue weighted by molar-refractivity contribution is 4.74. The molecule has 0 unspecified atom stereocenters. The predicted molar refractivity (Wildman–Crippen MR) is 55.2 cm³/mol. The zero-order valence-corrected chi connectivity index (χ0v) is 8.64. The van der Waals surface area contributed by atoms with Gasteiger partial charge in [0, 0.05) is 12.1 Å². The first kappa shape index (κ1) is 11.7. The van der Waals surface area contributed by atoms with Crippen LogP contribution in [0.5, 0.6) is 0 Å². The van der Waals surface area contributed by atoms with Crippen LogP contribution in [0, 0.1) is 0 Å². The number of nitrogens with two attached hydrogens (primary N) is 1. The van der Waals surface area contributed by atoms with Gasteiger partial charge in [-0.05, 0) is 40.3 Å². The third-order valence-electron chi connectivity index (χ3n) is 1.80. The molecule has 2 heteroatoms. The summed E-state index contributed by atoms with van der Waals surface area (Å²) < 4.78 is 0. The average Bonchev–Trinajstić information content (AvgIpc) is 1.84. The molecular formula is C10H22N2. The van der Waals surface area contributed by atoms with E-state index in [0.29, 0.717) is 0 Å². The second-order valence-electron chi connectivity index (χ2n) is 4.14. The van der Waals surface area contributed by atoms with Gasteiger partial charge in [-0.15, -0.1) is 6.58 Å². The zero-order valence-electron chi connectivity index (χ0n) is 8.64. The van der Waals surface area contributed by atoms with Gasteiger partial charge in [0.2, 0.25) is 0 Å². The summed E-state index contributed by atoms with van der Waals surface area (Å²) in [6.07, 6.45) is 4.16. The van der Waals surface area contributed by atoms with E-state index in [-0.39, 0.29) is 5.54 Å². The summed E-state index contributed by atoms with van der Waals surface area (Å²) in [5.41, 5.74) is 5.84. The van der Waals surface area contributed by atoms with E-state index in [4.69, 9.17) is 5.73 Å². The lowest BCUT2D eigenvalue weighted by atomic mass is 10.0. The van der Waals surface area contributed by atoms with Crippen molar-refractivity contribution in [3.05, 3.63) is 12.7 Å². The second-order valence-corrected chi connectivity index (χ2v) is 4.14. The van der Waals surface area contributed by atoms with Gasteiger partial charge in [0.15, 0.2) is 0 Å². The van der Waals surface area contributed by atoms with Crippen LogP contribution < -0.4 is 5.73 Å². The number of rotatable bonds is 6. The Balaban J connectivity index is 3.36. The first-order chi connectivity index (χ1) is 5.45. The zero-order chi connectivity index (χ0) is 9.61. The van der Waals surface area contributed by atoms with E-state index in [2.05, 4.69) is 32.4 Å². The van der Waals surface area contributed by atoms with Crippen LogP contribution >= 0.6 is 0 Å². The molecule has 0 aliphatic heterocycles. The molecular weight excluding hydrogens is 148 g/mol. The summed E-state index contributed by atoms with van der Waals surface area (Å²) in [5.74, 6) is 0. The van der Waals surface area contributed by atoms with Crippen LogP contribution in [-0.4, -0.2) is 30.6 Å². The van der Waals surface area contributed by atoms with Gasteiger partial charge in [-0.25, -0.2) is 0 Å². The fourth-order valence-corrected chi connectivity index (χ4v) is 1.12. The number of hydrogen-bond donors (Lipinski definition) is 1. The van der Waals surface area contributed by atoms with Crippen molar-refractivity contribution >= 4 is 0 Å². The fourth-order valence-electron chi connectivity index (χ4n) is 1.12. The van der Waals surface area contributed by atoms with E-state index in [1.165, 1.54) is 0 Å². The highest BCUT2D eigenvalue weighted by Crippen LogP contribution is 2.06. The lowest BCUT2D eigenvalue weighted by Gasteiger charge is -2.20. The summed E-state index contributed by atoms with van der Waals surface area (Å²) >= 11 is 0. The van der Waals surface area contributed by atoms with Crippen LogP contribution in [0.15, 0.2) is 12.7 Å². The first-order valence-electron chi connectivity index (χ1n) is 4.54. The maximum absolute atomic E-state index is 5.86. The molecule has 0 aromatic carbocycles. The molecule has 72 valence electrons. The van der Waals surface area contributed by atoms with Gasteiger partial charge in [-0.2, -0.15) is 0 Å². The average molecular weight is 170 g/mol. The molecule has 0 saturated heterocycles. The van der Waals surface area contributed by atoms with E-state index in [1.54, 1.807) is 0 Å². The van der Waals surface area contributed by atoms with Crippen molar-refractivity contribution in [3.8, 4) is 0 Å². The summed E-state index contributed by atoms with van der Waals surface area (Å²) in [6, 6.07) is 0. The molecule has 0 aliphatic carbocycles. The maximum atomic E-state index is 5.86. The normalized spacial score (nSPS) is 12.1. The van der Waals surface area contributed by atoms with Gasteiger partial charge in [0.25, 0.3) is 0 Å². The molecule has 2 N–H and O–H groups in total. The molecule has 0 rings (SSSR count). The van der Waals surface area contributed by atoms with Gasteiger partial charge in [-0.3, -0.25) is 0 Å². The van der Waals surface area contributed by atoms with Gasteiger partial charge in [0.05, 0.1) is 0 Å². The van der Waals surface area contributed by atoms with Crippen LogP contribution in [0.1, 0.15) is 26.7 Å². The molecule has 0 aliphatic rings. The van der Waals surface area contributed by atoms with Crippen molar-refractivity contribution in [2.24, 2.45) is 5.73 Å². The molecule has 0 aromatic rings. The van der Waals surface area contributed by atoms with Gasteiger partial charge in [-0.1, -0.05) is 6.08 Å². The number of hydrogen-bond acceptors (Lipinski definition) is 2. The van der Waals surface area contributed by atoms with Gasteiger partial charge in [0.1, 0.15) is 0 Å². The Labute approximate surface area is 76.4 Å². The Morgan fingerprint density at radius 1 is 1.50 bits per heavy atom. The Morgan fingerprint density at radius 2 is 2.08 bits per heavy atom. The second kappa shape index (κ2) is 5.33. The van der Waals surface area contributed by atoms with Crippen molar-refractivity contribution < 1.29 is 0 Å². The highest BCUT2D eigenvalue weighted by Gasteiger charge is 2.09. The Kier molecular flexibility index (Phi) is 5.18. The number of nitrogens with zero attached hydrogens (tertiary/aromatic N) is 1. The predicted octanol–water partition coefficient (Wildman–Crippen LogP) is 1.62. The van der Waals surface area contributed by atoms with Crippen LogP contribution in [0.25, 0.3) is 0 Å². The minimum Gasteiger partial charge on any atom is -0.326 e. The highest BCUT2D eigenvalue weighted by atomic mass is 15.1. The lowest BCUT2D eigenvalue weighted by molar-refractivity contribution is 0.336. The van der Waals surface area contributed by atoms with E-state index in [9.17, 15) is 0 Å². The topological polar surface area (TPSA) is 29.3 Å². The number of likely N-dealkylation sites (N-methyl/N-ethyl adjacent to an activating group) is 1. The van der Waals surface area contributed by atoms with Gasteiger partial charge < -0.3 is 10.6 Å². The Morgan fingerprint density at radius 3 is 2.50 bits per heavy atom. The summed E-state index contributed by atoms with van der Waals surface area (Å²) in [5, 5.41) is 0. The molecule has 0 spiro atoms. The third kappa shape index (κ3) is 7.76. The monoisotopic (exact) mass is 170 g/mol. The first-order valence-corrected chi connectivity index (χ1v) is 4.54. The fraction of sp³-hybridized carbons (Fsp3) is 0.800. The maximum Gasteiger partial charge on any atom is 0.0157 e. The smallest absolute Gasteiger partial charge is 0.0157 e. The molecule has 0 atom stereocenters. The molecule has 0 saturated carbocycles. The van der Waals surface area contributed by atoms with Crippen molar-refractivity contribution in [1.82, 2.24) is 4.90 Å². The van der Waals surface area contributed by atoms with E-state index < -0.39 is 0 Å². The lowest BCUT2D eigenvalue weighted by Crippen LogP contribution is -2.33. The van der Waals surface area contributed by atoms with Crippen molar-refractivity contribution in [2.45, 2.75) is 32.2 Å². The molecule has 0 radical (unpaired) electrons. The van der Waals surface area contributed by atoms with Crippen LogP contribution in [0.2, 0.25) is 0 Å². The minimum atomic E-state index is -0.0188. The van der Waals surface area contributed by atoms with Crippen molar-refractivity contribution in [3.63, 3.8) is 0 Å². The van der Waals surface area contributed by atoms with Crippen LogP contribution in [0.3, 0.4) is 0 Å². The molecule has 0 amide bonds. The van der Waals surface area contributed by atoms with E-state index in [1.807, 2.05) is 6.08 Å². The molecule has 2 nitrogen and oxygen atoms in total. The Bertz CT molecular complexity index is 124. The standard InChI is InChI=1S/C10H22N2/c1-5-8-12(4)9-6-7-10(2,3)11/h5H,1,6-9,11H2,2-4H3. The molecule has 0 aromatic heterocycles. The van der Waals surface area contributed by atoms with E-state index >= 15 is 0 Å². The molecule has 0 fully saturated rings. The van der Waals surface area contributed by atoms with Crippen LogP contribution in [-0.2, 0) is 0 Å². The SMILES string of the molecule is C=CCN(C)CCCC(C)(C)N. The summed E-state index contributed by atoms with van der Waals surface area (Å²) in [6.45, 7) is 9.90. The van der Waals surface area contributed by atoms with Crippen LogP contribution in [0.4, 0.5) is 0 Å². The quantitative estimate of drug-likeness (QED) is 0.614. The summed E-state index contributed by atoms with van der Waals surface area (Å²) in [4.78, 5) is 2.25. The van der Waals surface area contributed by atoms with E-state index in [0.717, 1.165) is 25.9 Å². The minimum absolute atomic E-state index is 0.0188. The largest absolute Gasteiger partial charge is 0.326 e. The van der Waals surface area contributed by atoms with Crippen molar-refractivity contribution in [2.75, 3.05) is 20.1 Å². The summed E-state index contributed by atoms with van der Waals surface area (Å²) in [7, 11) is 2.10. The molecule has 12 heavy (non-hydrogen) atoms. The Hall–Kier alpha value is -0.340. The third-order valence-corrected chi connectivity index (χ3v) is 1.80.